The fourth-order valence-electron chi connectivity index (χ4n) is 4.92. The summed E-state index contributed by atoms with van der Waals surface area (Å²) in [5.74, 6) is 1.53. The lowest BCUT2D eigenvalue weighted by atomic mass is 9.71. The Balaban J connectivity index is 1.37. The molecule has 4 nitrogen and oxygen atoms in total. The molecule has 1 aromatic carbocycles. The first-order chi connectivity index (χ1) is 13.1. The highest BCUT2D eigenvalue weighted by molar-refractivity contribution is 5.73. The second-order valence-electron chi connectivity index (χ2n) is 9.14. The molecule has 1 spiro atoms. The van der Waals surface area contributed by atoms with Gasteiger partial charge in [0.05, 0.1) is 6.61 Å². The number of piperidine rings is 1. The van der Waals surface area contributed by atoms with Crippen molar-refractivity contribution in [2.24, 2.45) is 17.3 Å². The summed E-state index contributed by atoms with van der Waals surface area (Å²) in [6, 6.07) is 8.71. The summed E-state index contributed by atoms with van der Waals surface area (Å²) in [6.07, 6.45) is 5.03. The molecule has 0 N–H and O–H groups in total. The highest BCUT2D eigenvalue weighted by Crippen LogP contribution is 2.45. The van der Waals surface area contributed by atoms with Crippen molar-refractivity contribution >= 4 is 5.91 Å². The van der Waals surface area contributed by atoms with E-state index >= 15 is 0 Å². The number of amides is 1. The predicted octanol–water partition coefficient (Wildman–Crippen LogP) is 3.48. The maximum absolute atomic E-state index is 12.0. The Hall–Kier alpha value is -1.39. The Morgan fingerprint density at radius 3 is 2.59 bits per heavy atom. The summed E-state index contributed by atoms with van der Waals surface area (Å²) >= 11 is 0. The minimum Gasteiger partial charge on any atom is -0.381 e. The van der Waals surface area contributed by atoms with Gasteiger partial charge in [-0.15, -0.1) is 0 Å². The minimum atomic E-state index is 0.224. The Morgan fingerprint density at radius 2 is 1.93 bits per heavy atom. The van der Waals surface area contributed by atoms with Crippen LogP contribution in [0.3, 0.4) is 0 Å². The number of carbonyl (C=O) groups is 1. The molecule has 0 radical (unpaired) electrons. The third kappa shape index (κ3) is 4.38. The van der Waals surface area contributed by atoms with Crippen LogP contribution >= 0.6 is 0 Å². The number of aryl methyl sites for hydroxylation is 1. The van der Waals surface area contributed by atoms with Crippen LogP contribution in [0.15, 0.2) is 24.3 Å². The van der Waals surface area contributed by atoms with Crippen LogP contribution < -0.4 is 0 Å². The molecule has 3 aliphatic rings. The molecule has 148 valence electrons. The van der Waals surface area contributed by atoms with Crippen LogP contribution in [0.1, 0.15) is 43.7 Å². The molecule has 1 aromatic rings. The summed E-state index contributed by atoms with van der Waals surface area (Å²) < 4.78 is 6.08. The van der Waals surface area contributed by atoms with E-state index < -0.39 is 0 Å². The first-order valence-electron chi connectivity index (χ1n) is 10.7. The summed E-state index contributed by atoms with van der Waals surface area (Å²) in [5.41, 5.74) is 3.08. The van der Waals surface area contributed by atoms with Crippen molar-refractivity contribution in [3.8, 4) is 0 Å². The maximum Gasteiger partial charge on any atom is 0.219 e. The van der Waals surface area contributed by atoms with Crippen molar-refractivity contribution in [3.63, 3.8) is 0 Å². The molecule has 0 aromatic heterocycles. The van der Waals surface area contributed by atoms with E-state index in [1.165, 1.54) is 36.8 Å². The van der Waals surface area contributed by atoms with Crippen molar-refractivity contribution < 1.29 is 9.53 Å². The topological polar surface area (TPSA) is 32.8 Å². The number of hydrogen-bond acceptors (Lipinski definition) is 3. The standard InChI is InChI=1S/C23H34N2O2/c1-18-5-3-4-6-21(18)13-24-11-9-23(10-12-24)17-25(19(2)26)14-22(23)16-27-15-20-7-8-20/h3-6,20,22H,7-17H2,1-2H3. The van der Waals surface area contributed by atoms with Gasteiger partial charge in [-0.3, -0.25) is 9.69 Å². The molecular weight excluding hydrogens is 336 g/mol. The van der Waals surface area contributed by atoms with Gasteiger partial charge in [-0.05, 0) is 68.2 Å². The van der Waals surface area contributed by atoms with Gasteiger partial charge in [0.2, 0.25) is 5.91 Å². The Morgan fingerprint density at radius 1 is 1.19 bits per heavy atom. The number of rotatable bonds is 6. The molecule has 3 fully saturated rings. The normalized spacial score (nSPS) is 25.3. The summed E-state index contributed by atoms with van der Waals surface area (Å²) in [5, 5.41) is 0. The lowest BCUT2D eigenvalue weighted by Gasteiger charge is -2.42. The van der Waals surface area contributed by atoms with Crippen molar-refractivity contribution in [1.82, 2.24) is 9.80 Å². The van der Waals surface area contributed by atoms with Crippen LogP contribution in [0.4, 0.5) is 0 Å². The van der Waals surface area contributed by atoms with Crippen molar-refractivity contribution in [2.75, 3.05) is 39.4 Å². The third-order valence-electron chi connectivity index (χ3n) is 7.13. The highest BCUT2D eigenvalue weighted by Gasteiger charge is 2.48. The lowest BCUT2D eigenvalue weighted by Crippen LogP contribution is -2.45. The van der Waals surface area contributed by atoms with Crippen molar-refractivity contribution in [1.29, 1.82) is 0 Å². The van der Waals surface area contributed by atoms with Crippen LogP contribution in [0.5, 0.6) is 0 Å². The summed E-state index contributed by atoms with van der Waals surface area (Å²) in [4.78, 5) is 16.7. The first kappa shape index (κ1) is 18.9. The van der Waals surface area contributed by atoms with E-state index in [1.807, 2.05) is 0 Å². The molecule has 1 amide bonds. The average molecular weight is 371 g/mol. The molecule has 1 unspecified atom stereocenters. The van der Waals surface area contributed by atoms with Gasteiger partial charge in [0, 0.05) is 39.1 Å². The van der Waals surface area contributed by atoms with Gasteiger partial charge in [0.15, 0.2) is 0 Å². The number of benzene rings is 1. The van der Waals surface area contributed by atoms with E-state index in [0.717, 1.165) is 51.9 Å². The number of ether oxygens (including phenoxy) is 1. The summed E-state index contributed by atoms with van der Waals surface area (Å²) in [7, 11) is 0. The van der Waals surface area contributed by atoms with Crippen LogP contribution in [0, 0.1) is 24.2 Å². The van der Waals surface area contributed by atoms with Crippen LogP contribution in [0.2, 0.25) is 0 Å². The smallest absolute Gasteiger partial charge is 0.219 e. The van der Waals surface area contributed by atoms with E-state index in [1.54, 1.807) is 6.92 Å². The average Bonchev–Trinajstić information content (AvgIpc) is 3.41. The summed E-state index contributed by atoms with van der Waals surface area (Å²) in [6.45, 7) is 10.8. The van der Waals surface area contributed by atoms with Gasteiger partial charge >= 0.3 is 0 Å². The van der Waals surface area contributed by atoms with Gasteiger partial charge in [-0.1, -0.05) is 24.3 Å². The van der Waals surface area contributed by atoms with E-state index in [4.69, 9.17) is 4.74 Å². The Labute approximate surface area is 163 Å². The molecule has 2 saturated heterocycles. The molecular formula is C23H34N2O2. The number of hydrogen-bond donors (Lipinski definition) is 0. The van der Waals surface area contributed by atoms with Gasteiger partial charge in [0.25, 0.3) is 0 Å². The molecule has 1 aliphatic carbocycles. The van der Waals surface area contributed by atoms with Gasteiger partial charge in [0.1, 0.15) is 0 Å². The molecule has 27 heavy (non-hydrogen) atoms. The van der Waals surface area contributed by atoms with Crippen molar-refractivity contribution in [2.45, 2.75) is 46.1 Å². The van der Waals surface area contributed by atoms with E-state index in [9.17, 15) is 4.79 Å². The number of carbonyl (C=O) groups excluding carboxylic acids is 1. The second kappa shape index (κ2) is 7.92. The highest BCUT2D eigenvalue weighted by atomic mass is 16.5. The molecule has 4 heteroatoms. The molecule has 4 rings (SSSR count). The largest absolute Gasteiger partial charge is 0.381 e. The fourth-order valence-corrected chi connectivity index (χ4v) is 4.92. The van der Waals surface area contributed by atoms with E-state index in [-0.39, 0.29) is 11.3 Å². The molecule has 1 atom stereocenters. The second-order valence-corrected chi connectivity index (χ2v) is 9.14. The quantitative estimate of drug-likeness (QED) is 0.768. The first-order valence-corrected chi connectivity index (χ1v) is 10.7. The molecule has 1 saturated carbocycles. The van der Waals surface area contributed by atoms with Crippen LogP contribution in [0.25, 0.3) is 0 Å². The zero-order chi connectivity index (χ0) is 18.9. The zero-order valence-corrected chi connectivity index (χ0v) is 17.0. The number of likely N-dealkylation sites (tertiary alicyclic amines) is 2. The van der Waals surface area contributed by atoms with Gasteiger partial charge in [-0.25, -0.2) is 0 Å². The minimum absolute atomic E-state index is 0.224. The number of nitrogens with zero attached hydrogens (tertiary/aromatic N) is 2. The zero-order valence-electron chi connectivity index (χ0n) is 17.0. The van der Waals surface area contributed by atoms with Crippen LogP contribution in [-0.2, 0) is 16.1 Å². The Kier molecular flexibility index (Phi) is 5.56. The fraction of sp³-hybridized carbons (Fsp3) is 0.696. The lowest BCUT2D eigenvalue weighted by molar-refractivity contribution is -0.128. The molecule has 2 heterocycles. The molecule has 2 aliphatic heterocycles. The van der Waals surface area contributed by atoms with E-state index in [2.05, 4.69) is 41.0 Å². The van der Waals surface area contributed by atoms with Gasteiger partial charge in [-0.2, -0.15) is 0 Å². The SMILES string of the molecule is CC(=O)N1CC(COCC2CC2)C2(CCN(Cc3ccccc3C)CC2)C1. The van der Waals surface area contributed by atoms with Crippen LogP contribution in [-0.4, -0.2) is 55.1 Å². The maximum atomic E-state index is 12.0. The Bertz CT molecular complexity index is 662. The predicted molar refractivity (Wildman–Crippen MR) is 107 cm³/mol. The van der Waals surface area contributed by atoms with E-state index in [0.29, 0.717) is 5.92 Å². The third-order valence-corrected chi connectivity index (χ3v) is 7.13. The van der Waals surface area contributed by atoms with Gasteiger partial charge < -0.3 is 9.64 Å². The molecule has 0 bridgehead atoms. The monoisotopic (exact) mass is 370 g/mol. The van der Waals surface area contributed by atoms with Crippen molar-refractivity contribution in [3.05, 3.63) is 35.4 Å².